The second-order valence-electron chi connectivity index (χ2n) is 9.75. The van der Waals surface area contributed by atoms with Gasteiger partial charge in [-0.1, -0.05) is 36.9 Å². The number of carbonyl (C=O) groups excluding carboxylic acids is 2. The molecule has 200 valence electrons. The Hall–Kier alpha value is -3.78. The van der Waals surface area contributed by atoms with E-state index >= 15 is 0 Å². The topological polar surface area (TPSA) is 81.9 Å². The molecule has 3 aromatic carbocycles. The molecule has 8 heteroatoms. The van der Waals surface area contributed by atoms with Crippen LogP contribution in [-0.2, 0) is 16.1 Å². The van der Waals surface area contributed by atoms with Crippen molar-refractivity contribution in [3.63, 3.8) is 0 Å². The Labute approximate surface area is 227 Å². The van der Waals surface area contributed by atoms with Crippen molar-refractivity contribution in [3.05, 3.63) is 90.3 Å². The van der Waals surface area contributed by atoms with Gasteiger partial charge in [0.05, 0.1) is 12.2 Å². The third-order valence-electron chi connectivity index (χ3n) is 5.32. The number of hydrogen-bond acceptors (Lipinski definition) is 5. The van der Waals surface area contributed by atoms with Gasteiger partial charge in [0.25, 0.3) is 0 Å². The molecule has 1 heterocycles. The van der Waals surface area contributed by atoms with E-state index < -0.39 is 11.7 Å². The molecule has 0 saturated carbocycles. The molecule has 2 amide bonds. The summed E-state index contributed by atoms with van der Waals surface area (Å²) >= 11 is 1.51. The maximum Gasteiger partial charge on any atom is 0.405 e. The average molecular weight is 537 g/mol. The first kappa shape index (κ1) is 28.8. The number of rotatable bonds is 5. The minimum Gasteiger partial charge on any atom is -0.457 e. The van der Waals surface area contributed by atoms with Crippen molar-refractivity contribution in [2.45, 2.75) is 51.2 Å². The zero-order valence-electron chi connectivity index (χ0n) is 22.1. The highest BCUT2D eigenvalue weighted by Crippen LogP contribution is 2.38. The van der Waals surface area contributed by atoms with Gasteiger partial charge >= 0.3 is 6.09 Å². The van der Waals surface area contributed by atoms with Crippen LogP contribution in [0.15, 0.2) is 78.2 Å². The Morgan fingerprint density at radius 1 is 1.08 bits per heavy atom. The minimum atomic E-state index is -0.725. The first-order chi connectivity index (χ1) is 17.9. The maximum atomic E-state index is 14.4. The van der Waals surface area contributed by atoms with Crippen molar-refractivity contribution in [1.82, 2.24) is 0 Å². The van der Waals surface area contributed by atoms with Gasteiger partial charge in [-0.3, -0.25) is 4.79 Å². The molecule has 2 N–H and O–H groups in total. The van der Waals surface area contributed by atoms with E-state index in [1.807, 2.05) is 54.6 Å². The molecule has 1 aliphatic heterocycles. The van der Waals surface area contributed by atoms with Gasteiger partial charge in [0.15, 0.2) is 0 Å². The number of fused-ring (bicyclic) bond motifs is 1. The number of amides is 2. The van der Waals surface area contributed by atoms with Crippen molar-refractivity contribution < 1.29 is 23.5 Å². The van der Waals surface area contributed by atoms with Crippen molar-refractivity contribution in [2.24, 2.45) is 5.73 Å². The van der Waals surface area contributed by atoms with E-state index in [1.165, 1.54) is 17.8 Å². The minimum absolute atomic E-state index is 0.0325. The molecule has 0 radical (unpaired) electrons. The highest BCUT2D eigenvalue weighted by molar-refractivity contribution is 7.99. The molecule has 0 bridgehead atoms. The summed E-state index contributed by atoms with van der Waals surface area (Å²) in [4.78, 5) is 25.4. The number of anilines is 1. The molecule has 0 atom stereocenters. The lowest BCUT2D eigenvalue weighted by Gasteiger charge is -2.24. The summed E-state index contributed by atoms with van der Waals surface area (Å²) in [6, 6.07) is 20.5. The van der Waals surface area contributed by atoms with E-state index in [9.17, 15) is 14.0 Å². The number of primary amides is 1. The highest BCUT2D eigenvalue weighted by Gasteiger charge is 2.25. The average Bonchev–Trinajstić information content (AvgIpc) is 2.97. The number of benzene rings is 3. The van der Waals surface area contributed by atoms with Gasteiger partial charge < -0.3 is 20.1 Å². The summed E-state index contributed by atoms with van der Waals surface area (Å²) in [5, 5.41) is 0. The Morgan fingerprint density at radius 3 is 2.26 bits per heavy atom. The summed E-state index contributed by atoms with van der Waals surface area (Å²) in [5.74, 6) is 1.87. The van der Waals surface area contributed by atoms with Gasteiger partial charge in [-0.25, -0.2) is 9.18 Å². The molecule has 4 rings (SSSR count). The van der Waals surface area contributed by atoms with E-state index in [1.54, 1.807) is 38.7 Å². The number of thioether (sulfide) groups is 1. The van der Waals surface area contributed by atoms with Crippen LogP contribution in [0.4, 0.5) is 14.9 Å². The van der Waals surface area contributed by atoms with Crippen LogP contribution in [0, 0.1) is 5.82 Å². The van der Waals surface area contributed by atoms with E-state index in [0.29, 0.717) is 29.9 Å². The number of carbonyl (C=O) groups is 2. The Bertz CT molecular complexity index is 1290. The molecular formula is C30H33FN2O4S. The number of nitrogens with two attached hydrogens (primary N) is 1. The molecule has 0 spiro atoms. The standard InChI is InChI=1S/C25H22FNO2S.C5H11NO2/c1-17(2)21-14-23-24(15-22(21)26)30-13-12-25(28)27(23)16-18-8-10-20(11-9-18)29-19-6-4-3-5-7-19;1-5(2,3)8-4(6)7/h3-11,14-15H,1,12-13,16H2,2H3;1-3H3,(H2,6,7). The summed E-state index contributed by atoms with van der Waals surface area (Å²) in [7, 11) is 0. The lowest BCUT2D eigenvalue weighted by Crippen LogP contribution is -2.30. The summed E-state index contributed by atoms with van der Waals surface area (Å²) in [6.07, 6.45) is -0.309. The number of para-hydroxylation sites is 1. The van der Waals surface area contributed by atoms with Crippen molar-refractivity contribution in [3.8, 4) is 11.5 Å². The number of halogens is 1. The molecule has 38 heavy (non-hydrogen) atoms. The Kier molecular flexibility index (Phi) is 9.58. The largest absolute Gasteiger partial charge is 0.457 e. The quantitative estimate of drug-likeness (QED) is 0.364. The van der Waals surface area contributed by atoms with Crippen LogP contribution in [0.1, 0.15) is 45.2 Å². The van der Waals surface area contributed by atoms with Gasteiger partial charge in [0.1, 0.15) is 22.9 Å². The predicted molar refractivity (Wildman–Crippen MR) is 151 cm³/mol. The number of allylic oxidation sites excluding steroid dienone is 1. The van der Waals surface area contributed by atoms with Crippen LogP contribution in [-0.4, -0.2) is 23.4 Å². The normalized spacial score (nSPS) is 13.0. The molecule has 3 aromatic rings. The second kappa shape index (κ2) is 12.6. The zero-order valence-corrected chi connectivity index (χ0v) is 22.9. The Balaban J connectivity index is 0.000000436. The molecule has 6 nitrogen and oxygen atoms in total. The molecular weight excluding hydrogens is 503 g/mol. The van der Waals surface area contributed by atoms with Gasteiger partial charge in [-0.2, -0.15) is 0 Å². The van der Waals surface area contributed by atoms with E-state index in [0.717, 1.165) is 27.6 Å². The molecule has 0 unspecified atom stereocenters. The van der Waals surface area contributed by atoms with Gasteiger partial charge in [-0.15, -0.1) is 11.8 Å². The third-order valence-corrected chi connectivity index (χ3v) is 6.37. The fourth-order valence-corrected chi connectivity index (χ4v) is 4.66. The molecule has 0 aromatic heterocycles. The van der Waals surface area contributed by atoms with Crippen molar-refractivity contribution >= 4 is 35.0 Å². The number of ether oxygens (including phenoxy) is 2. The summed E-state index contributed by atoms with van der Waals surface area (Å²) in [6.45, 7) is 11.3. The van der Waals surface area contributed by atoms with Crippen LogP contribution < -0.4 is 15.4 Å². The van der Waals surface area contributed by atoms with Crippen LogP contribution >= 0.6 is 11.8 Å². The fourth-order valence-electron chi connectivity index (χ4n) is 3.66. The SMILES string of the molecule is C=C(C)c1cc2c(cc1F)SCCC(=O)N2Cc1ccc(Oc2ccccc2)cc1.CC(C)(C)OC(N)=O. The van der Waals surface area contributed by atoms with E-state index in [-0.39, 0.29) is 11.7 Å². The molecule has 0 saturated heterocycles. The highest BCUT2D eigenvalue weighted by atomic mass is 32.2. The summed E-state index contributed by atoms with van der Waals surface area (Å²) in [5.41, 5.74) is 7.07. The summed E-state index contributed by atoms with van der Waals surface area (Å²) < 4.78 is 24.9. The Morgan fingerprint density at radius 2 is 1.71 bits per heavy atom. The predicted octanol–water partition coefficient (Wildman–Crippen LogP) is 7.56. The van der Waals surface area contributed by atoms with Crippen LogP contribution in [0.25, 0.3) is 5.57 Å². The van der Waals surface area contributed by atoms with Crippen molar-refractivity contribution in [2.75, 3.05) is 10.7 Å². The van der Waals surface area contributed by atoms with E-state index in [4.69, 9.17) is 10.5 Å². The zero-order chi connectivity index (χ0) is 27.9. The maximum absolute atomic E-state index is 14.4. The monoisotopic (exact) mass is 536 g/mol. The van der Waals surface area contributed by atoms with Gasteiger partial charge in [0.2, 0.25) is 5.91 Å². The first-order valence-corrected chi connectivity index (χ1v) is 13.1. The molecule has 1 aliphatic rings. The number of nitrogens with zero attached hydrogens (tertiary/aromatic N) is 1. The van der Waals surface area contributed by atoms with Gasteiger partial charge in [-0.05, 0) is 75.2 Å². The van der Waals surface area contributed by atoms with Crippen molar-refractivity contribution in [1.29, 1.82) is 0 Å². The number of hydrogen-bond donors (Lipinski definition) is 1. The lowest BCUT2D eigenvalue weighted by molar-refractivity contribution is -0.118. The van der Waals surface area contributed by atoms with E-state index in [2.05, 4.69) is 11.3 Å². The fraction of sp³-hybridized carbons (Fsp3) is 0.267. The third kappa shape index (κ3) is 8.38. The lowest BCUT2D eigenvalue weighted by atomic mass is 10.1. The smallest absolute Gasteiger partial charge is 0.405 e. The first-order valence-electron chi connectivity index (χ1n) is 12.2. The van der Waals surface area contributed by atoms with Crippen LogP contribution in [0.2, 0.25) is 0 Å². The van der Waals surface area contributed by atoms with Crippen LogP contribution in [0.5, 0.6) is 11.5 Å². The second-order valence-corrected chi connectivity index (χ2v) is 10.9. The van der Waals surface area contributed by atoms with Gasteiger partial charge in [0, 0.05) is 22.6 Å². The molecule has 0 fully saturated rings. The molecule has 0 aliphatic carbocycles. The van der Waals surface area contributed by atoms with Crippen LogP contribution in [0.3, 0.4) is 0 Å².